The van der Waals surface area contributed by atoms with E-state index in [4.69, 9.17) is 4.74 Å². The van der Waals surface area contributed by atoms with Crippen molar-refractivity contribution in [1.29, 1.82) is 0 Å². The molecular formula is C13H15FN4O4S. The zero-order valence-corrected chi connectivity index (χ0v) is 13.5. The Morgan fingerprint density at radius 2 is 1.87 bits per heavy atom. The Morgan fingerprint density at radius 3 is 2.43 bits per heavy atom. The number of sulfone groups is 1. The molecule has 8 nitrogen and oxygen atoms in total. The number of hydrogen-bond acceptors (Lipinski definition) is 7. The van der Waals surface area contributed by atoms with Gasteiger partial charge in [0.05, 0.1) is 5.69 Å². The first-order valence-electron chi connectivity index (χ1n) is 6.57. The Morgan fingerprint density at radius 1 is 1.26 bits per heavy atom. The van der Waals surface area contributed by atoms with Crippen LogP contribution in [0.2, 0.25) is 0 Å². The van der Waals surface area contributed by atoms with Gasteiger partial charge in [0.2, 0.25) is 0 Å². The van der Waals surface area contributed by atoms with Gasteiger partial charge in [0, 0.05) is 0 Å². The number of carbonyl (C=O) groups excluding carboxylic acids is 1. The van der Waals surface area contributed by atoms with Crippen LogP contribution in [0.5, 0.6) is 0 Å². The maximum absolute atomic E-state index is 14.2. The Labute approximate surface area is 132 Å². The van der Waals surface area contributed by atoms with Gasteiger partial charge in [-0.15, -0.1) is 0 Å². The fourth-order valence-corrected chi connectivity index (χ4v) is 2.67. The SMILES string of the molecule is CC(C)(C)OC(=O)C(F)S(=O)(=O)c1nnnn1-c1ccccc1. The number of ether oxygens (including phenoxy) is 1. The highest BCUT2D eigenvalue weighted by molar-refractivity contribution is 7.92. The summed E-state index contributed by atoms with van der Waals surface area (Å²) in [7, 11) is -4.76. The number of aromatic nitrogens is 4. The van der Waals surface area contributed by atoms with Crippen molar-refractivity contribution in [3.05, 3.63) is 30.3 Å². The monoisotopic (exact) mass is 342 g/mol. The van der Waals surface area contributed by atoms with Crippen molar-refractivity contribution in [2.45, 2.75) is 37.0 Å². The first-order valence-corrected chi connectivity index (χ1v) is 8.12. The number of alkyl halides is 1. The minimum Gasteiger partial charge on any atom is -0.457 e. The molecule has 1 atom stereocenters. The van der Waals surface area contributed by atoms with Crippen molar-refractivity contribution in [2.24, 2.45) is 0 Å². The minimum absolute atomic E-state index is 0.312. The van der Waals surface area contributed by atoms with E-state index in [0.29, 0.717) is 5.69 Å². The van der Waals surface area contributed by atoms with Crippen LogP contribution in [0.15, 0.2) is 35.5 Å². The molecule has 0 aliphatic carbocycles. The molecular weight excluding hydrogens is 327 g/mol. The summed E-state index contributed by atoms with van der Waals surface area (Å²) in [5, 5.41) is 9.33. The molecule has 124 valence electrons. The number of tetrazole rings is 1. The first kappa shape index (κ1) is 17.0. The zero-order chi connectivity index (χ0) is 17.3. The number of para-hydroxylation sites is 1. The molecule has 0 radical (unpaired) electrons. The van der Waals surface area contributed by atoms with E-state index in [1.54, 1.807) is 18.2 Å². The topological polar surface area (TPSA) is 104 Å². The van der Waals surface area contributed by atoms with Crippen LogP contribution < -0.4 is 0 Å². The number of esters is 1. The number of hydrogen-bond donors (Lipinski definition) is 0. The molecule has 0 aliphatic rings. The maximum Gasteiger partial charge on any atom is 0.357 e. The molecule has 1 unspecified atom stereocenters. The van der Waals surface area contributed by atoms with Gasteiger partial charge >= 0.3 is 11.5 Å². The van der Waals surface area contributed by atoms with Crippen LogP contribution in [0.3, 0.4) is 0 Å². The maximum atomic E-state index is 14.2. The van der Waals surface area contributed by atoms with Crippen molar-refractivity contribution in [3.8, 4) is 5.69 Å². The lowest BCUT2D eigenvalue weighted by atomic mass is 10.2. The number of halogens is 1. The van der Waals surface area contributed by atoms with Gasteiger partial charge in [-0.3, -0.25) is 0 Å². The number of rotatable bonds is 4. The van der Waals surface area contributed by atoms with Gasteiger partial charge in [0.25, 0.3) is 15.0 Å². The van der Waals surface area contributed by atoms with Crippen LogP contribution in [0.1, 0.15) is 20.8 Å². The second kappa shape index (κ2) is 6.03. The van der Waals surface area contributed by atoms with E-state index in [0.717, 1.165) is 4.68 Å². The molecule has 1 aromatic heterocycles. The van der Waals surface area contributed by atoms with Crippen LogP contribution in [-0.4, -0.2) is 45.7 Å². The van der Waals surface area contributed by atoms with E-state index in [2.05, 4.69) is 15.5 Å². The molecule has 0 N–H and O–H groups in total. The molecule has 0 aliphatic heterocycles. The van der Waals surface area contributed by atoms with Crippen molar-refractivity contribution in [2.75, 3.05) is 0 Å². The largest absolute Gasteiger partial charge is 0.457 e. The second-order valence-corrected chi connectivity index (χ2v) is 7.47. The van der Waals surface area contributed by atoms with Crippen molar-refractivity contribution < 1.29 is 22.3 Å². The van der Waals surface area contributed by atoms with Crippen LogP contribution in [0, 0.1) is 0 Å². The lowest BCUT2D eigenvalue weighted by molar-refractivity contribution is -0.157. The fraction of sp³-hybridized carbons (Fsp3) is 0.385. The quantitative estimate of drug-likeness (QED) is 0.766. The van der Waals surface area contributed by atoms with Crippen LogP contribution >= 0.6 is 0 Å². The van der Waals surface area contributed by atoms with Crippen LogP contribution in [0.25, 0.3) is 5.69 Å². The summed E-state index contributed by atoms with van der Waals surface area (Å²) >= 11 is 0. The Kier molecular flexibility index (Phi) is 4.46. The van der Waals surface area contributed by atoms with E-state index in [1.807, 2.05) is 0 Å². The van der Waals surface area contributed by atoms with E-state index in [-0.39, 0.29) is 0 Å². The van der Waals surface area contributed by atoms with Crippen molar-refractivity contribution in [1.82, 2.24) is 20.2 Å². The normalized spacial score (nSPS) is 13.6. The summed E-state index contributed by atoms with van der Waals surface area (Å²) in [6.45, 7) is 4.49. The highest BCUT2D eigenvalue weighted by atomic mass is 32.2. The van der Waals surface area contributed by atoms with Gasteiger partial charge in [-0.25, -0.2) is 17.6 Å². The van der Waals surface area contributed by atoms with Gasteiger partial charge in [-0.05, 0) is 43.3 Å². The van der Waals surface area contributed by atoms with E-state index in [9.17, 15) is 17.6 Å². The summed E-state index contributed by atoms with van der Waals surface area (Å²) in [5.74, 6) is -1.51. The molecule has 0 bridgehead atoms. The van der Waals surface area contributed by atoms with E-state index >= 15 is 0 Å². The minimum atomic E-state index is -4.76. The fourth-order valence-electron chi connectivity index (χ4n) is 1.65. The molecule has 2 rings (SSSR count). The summed E-state index contributed by atoms with van der Waals surface area (Å²) in [5.41, 5.74) is -3.63. The van der Waals surface area contributed by atoms with Gasteiger partial charge < -0.3 is 4.74 Å². The van der Waals surface area contributed by atoms with Gasteiger partial charge in [0.15, 0.2) is 0 Å². The Bertz CT molecular complexity index is 799. The average molecular weight is 342 g/mol. The summed E-state index contributed by atoms with van der Waals surface area (Å²) in [6, 6.07) is 8.05. The molecule has 10 heteroatoms. The highest BCUT2D eigenvalue weighted by Crippen LogP contribution is 2.20. The predicted molar refractivity (Wildman–Crippen MR) is 77.1 cm³/mol. The summed E-state index contributed by atoms with van der Waals surface area (Å²) in [6.07, 6.45) is 0. The highest BCUT2D eigenvalue weighted by Gasteiger charge is 2.41. The molecule has 1 heterocycles. The van der Waals surface area contributed by atoms with Crippen LogP contribution in [-0.2, 0) is 19.4 Å². The number of carbonyl (C=O) groups is 1. The summed E-state index contributed by atoms with van der Waals surface area (Å²) < 4.78 is 44.3. The van der Waals surface area contributed by atoms with Gasteiger partial charge in [-0.2, -0.15) is 4.68 Å². The lowest BCUT2D eigenvalue weighted by Gasteiger charge is -2.20. The first-order chi connectivity index (χ1) is 10.6. The van der Waals surface area contributed by atoms with E-state index in [1.165, 1.54) is 32.9 Å². The third kappa shape index (κ3) is 3.70. The zero-order valence-electron chi connectivity index (χ0n) is 12.7. The summed E-state index contributed by atoms with van der Waals surface area (Å²) in [4.78, 5) is 11.7. The van der Waals surface area contributed by atoms with Gasteiger partial charge in [-0.1, -0.05) is 23.3 Å². The third-order valence-corrected chi connectivity index (χ3v) is 4.06. The molecule has 0 fully saturated rings. The second-order valence-electron chi connectivity index (χ2n) is 5.60. The smallest absolute Gasteiger partial charge is 0.357 e. The predicted octanol–water partition coefficient (Wildman–Crippen LogP) is 1.07. The third-order valence-electron chi connectivity index (χ3n) is 2.56. The molecule has 0 spiro atoms. The number of benzene rings is 1. The van der Waals surface area contributed by atoms with E-state index < -0.39 is 32.1 Å². The van der Waals surface area contributed by atoms with Crippen molar-refractivity contribution in [3.63, 3.8) is 0 Å². The standard InChI is InChI=1S/C13H15FN4O4S/c1-13(2,3)22-11(19)10(14)23(20,21)12-15-16-17-18(12)9-7-5-4-6-8-9/h4-8,10H,1-3H3. The van der Waals surface area contributed by atoms with Crippen LogP contribution in [0.4, 0.5) is 4.39 Å². The lowest BCUT2D eigenvalue weighted by Crippen LogP contribution is -2.35. The Hall–Kier alpha value is -2.36. The molecule has 23 heavy (non-hydrogen) atoms. The van der Waals surface area contributed by atoms with Crippen molar-refractivity contribution >= 4 is 15.8 Å². The molecule has 2 aromatic rings. The molecule has 0 saturated carbocycles. The average Bonchev–Trinajstić information content (AvgIpc) is 2.95. The molecule has 0 amide bonds. The Balaban J connectivity index is 2.38. The van der Waals surface area contributed by atoms with Gasteiger partial charge in [0.1, 0.15) is 5.60 Å². The molecule has 1 aromatic carbocycles. The number of nitrogens with zero attached hydrogens (tertiary/aromatic N) is 4. The molecule has 0 saturated heterocycles.